The van der Waals surface area contributed by atoms with E-state index < -0.39 is 0 Å². The summed E-state index contributed by atoms with van der Waals surface area (Å²) < 4.78 is 13.9. The molecule has 2 aliphatic rings. The Bertz CT molecular complexity index is 651. The van der Waals surface area contributed by atoms with Gasteiger partial charge in [0.25, 0.3) is 0 Å². The number of rotatable bonds is 2. The highest BCUT2D eigenvalue weighted by atomic mass is 79.9. The Kier molecular flexibility index (Phi) is 3.10. The molecule has 4 rings (SSSR count). The number of hydrogen-bond donors (Lipinski definition) is 0. The van der Waals surface area contributed by atoms with Gasteiger partial charge in [-0.1, -0.05) is 52.7 Å². The fourth-order valence-corrected chi connectivity index (χ4v) is 5.46. The van der Waals surface area contributed by atoms with Crippen LogP contribution in [0.4, 0.5) is 4.39 Å². The van der Waals surface area contributed by atoms with Gasteiger partial charge in [-0.15, -0.1) is 0 Å². The van der Waals surface area contributed by atoms with E-state index in [-0.39, 0.29) is 5.82 Å². The maximum Gasteiger partial charge on any atom is 0.131 e. The molecule has 2 fully saturated rings. The first-order valence-corrected chi connectivity index (χ1v) is 8.47. The predicted molar refractivity (Wildman–Crippen MR) is 84.5 cm³/mol. The molecule has 2 saturated carbocycles. The van der Waals surface area contributed by atoms with Crippen LogP contribution in [-0.4, -0.2) is 0 Å². The van der Waals surface area contributed by atoms with Gasteiger partial charge in [0, 0.05) is 10.2 Å². The van der Waals surface area contributed by atoms with Crippen molar-refractivity contribution >= 4 is 26.7 Å². The number of halogens is 2. The largest absolute Gasteiger partial charge is 0.206 e. The molecule has 0 radical (unpaired) electrons. The van der Waals surface area contributed by atoms with E-state index in [0.717, 1.165) is 28.5 Å². The number of alkyl halides is 1. The van der Waals surface area contributed by atoms with Crippen LogP contribution in [0.3, 0.4) is 0 Å². The summed E-state index contributed by atoms with van der Waals surface area (Å²) in [6, 6.07) is 11.5. The first-order chi connectivity index (χ1) is 9.74. The van der Waals surface area contributed by atoms with Gasteiger partial charge in [-0.2, -0.15) is 0 Å². The van der Waals surface area contributed by atoms with Gasteiger partial charge in [0.15, 0.2) is 0 Å². The molecule has 2 heteroatoms. The van der Waals surface area contributed by atoms with Gasteiger partial charge in [-0.3, -0.25) is 0 Å². The second-order valence-corrected chi connectivity index (χ2v) is 7.41. The highest BCUT2D eigenvalue weighted by Gasteiger charge is 2.43. The maximum atomic E-state index is 13.9. The van der Waals surface area contributed by atoms with Crippen LogP contribution in [0.2, 0.25) is 0 Å². The van der Waals surface area contributed by atoms with Gasteiger partial charge in [-0.05, 0) is 54.0 Å². The predicted octanol–water partition coefficient (Wildman–Crippen LogP) is 5.85. The van der Waals surface area contributed by atoms with E-state index in [4.69, 9.17) is 0 Å². The molecule has 0 heterocycles. The lowest BCUT2D eigenvalue weighted by molar-refractivity contribution is 0.330. The smallest absolute Gasteiger partial charge is 0.131 e. The molecule has 0 N–H and O–H groups in total. The van der Waals surface area contributed by atoms with Crippen LogP contribution >= 0.6 is 15.9 Å². The second kappa shape index (κ2) is 4.84. The molecular weight excluding hydrogens is 315 g/mol. The Morgan fingerprint density at radius 1 is 1.00 bits per heavy atom. The standard InChI is InChI=1S/C18H18BrF/c19-18(16-10-11-5-6-12(16)9-11)15-7-8-17(20)14-4-2-1-3-13(14)15/h1-4,7-8,11-12,16,18H,5-6,9-10H2. The Morgan fingerprint density at radius 2 is 1.80 bits per heavy atom. The normalized spacial score (nSPS) is 30.0. The Balaban J connectivity index is 1.77. The molecule has 0 aliphatic heterocycles. The summed E-state index contributed by atoms with van der Waals surface area (Å²) in [5.41, 5.74) is 1.26. The van der Waals surface area contributed by atoms with E-state index in [0.29, 0.717) is 4.83 Å². The minimum Gasteiger partial charge on any atom is -0.206 e. The van der Waals surface area contributed by atoms with Crippen molar-refractivity contribution < 1.29 is 4.39 Å². The van der Waals surface area contributed by atoms with Crippen molar-refractivity contribution in [3.8, 4) is 0 Å². The zero-order valence-corrected chi connectivity index (χ0v) is 12.9. The third kappa shape index (κ3) is 1.92. The topological polar surface area (TPSA) is 0 Å². The molecule has 104 valence electrons. The molecule has 0 nitrogen and oxygen atoms in total. The SMILES string of the molecule is Fc1ccc(C(Br)C2CC3CCC2C3)c2ccccc12. The van der Waals surface area contributed by atoms with Crippen molar-refractivity contribution in [1.29, 1.82) is 0 Å². The van der Waals surface area contributed by atoms with Crippen LogP contribution in [-0.2, 0) is 0 Å². The zero-order valence-electron chi connectivity index (χ0n) is 11.4. The molecule has 0 aromatic heterocycles. The lowest BCUT2D eigenvalue weighted by atomic mass is 9.83. The van der Waals surface area contributed by atoms with E-state index in [2.05, 4.69) is 22.0 Å². The van der Waals surface area contributed by atoms with Gasteiger partial charge in [0.1, 0.15) is 5.82 Å². The number of fused-ring (bicyclic) bond motifs is 3. The summed E-state index contributed by atoms with van der Waals surface area (Å²) >= 11 is 3.94. The average Bonchev–Trinajstić information content (AvgIpc) is 3.10. The molecule has 2 aromatic rings. The van der Waals surface area contributed by atoms with Crippen LogP contribution < -0.4 is 0 Å². The fraction of sp³-hybridized carbons (Fsp3) is 0.444. The van der Waals surface area contributed by atoms with Crippen LogP contribution in [0.1, 0.15) is 36.1 Å². The van der Waals surface area contributed by atoms with Crippen LogP contribution in [0, 0.1) is 23.6 Å². The highest BCUT2D eigenvalue weighted by molar-refractivity contribution is 9.09. The lowest BCUT2D eigenvalue weighted by Crippen LogP contribution is -2.15. The highest BCUT2D eigenvalue weighted by Crippen LogP contribution is 2.55. The molecule has 2 bridgehead atoms. The minimum atomic E-state index is -0.114. The van der Waals surface area contributed by atoms with Crippen molar-refractivity contribution in [2.45, 2.75) is 30.5 Å². The fourth-order valence-electron chi connectivity index (χ4n) is 4.41. The molecule has 0 amide bonds. The minimum absolute atomic E-state index is 0.114. The first-order valence-electron chi connectivity index (χ1n) is 7.55. The maximum absolute atomic E-state index is 13.9. The van der Waals surface area contributed by atoms with Crippen molar-refractivity contribution in [3.63, 3.8) is 0 Å². The summed E-state index contributed by atoms with van der Waals surface area (Å²) in [6.07, 6.45) is 5.56. The van der Waals surface area contributed by atoms with Crippen LogP contribution in [0.25, 0.3) is 10.8 Å². The molecule has 2 aliphatic carbocycles. The van der Waals surface area contributed by atoms with Gasteiger partial charge >= 0.3 is 0 Å². The van der Waals surface area contributed by atoms with E-state index in [9.17, 15) is 4.39 Å². The van der Waals surface area contributed by atoms with Crippen molar-refractivity contribution in [2.75, 3.05) is 0 Å². The summed E-state index contributed by atoms with van der Waals surface area (Å²) in [6.45, 7) is 0. The van der Waals surface area contributed by atoms with Crippen LogP contribution in [0.15, 0.2) is 36.4 Å². The summed E-state index contributed by atoms with van der Waals surface area (Å²) in [4.78, 5) is 0.364. The summed E-state index contributed by atoms with van der Waals surface area (Å²) in [5, 5.41) is 1.81. The third-order valence-corrected chi connectivity index (χ3v) is 6.54. The molecule has 0 spiro atoms. The number of hydrogen-bond acceptors (Lipinski definition) is 0. The van der Waals surface area contributed by atoms with Gasteiger partial charge in [0.05, 0.1) is 0 Å². The van der Waals surface area contributed by atoms with Crippen molar-refractivity contribution in [1.82, 2.24) is 0 Å². The summed E-state index contributed by atoms with van der Waals surface area (Å²) in [5.74, 6) is 2.42. The Labute approximate surface area is 127 Å². The van der Waals surface area contributed by atoms with Crippen molar-refractivity contribution in [3.05, 3.63) is 47.8 Å². The van der Waals surface area contributed by atoms with E-state index in [1.165, 1.54) is 31.2 Å². The van der Waals surface area contributed by atoms with E-state index in [1.807, 2.05) is 24.3 Å². The lowest BCUT2D eigenvalue weighted by Gasteiger charge is -2.27. The second-order valence-electron chi connectivity index (χ2n) is 6.42. The average molecular weight is 333 g/mol. The molecule has 4 unspecified atom stereocenters. The zero-order chi connectivity index (χ0) is 13.7. The van der Waals surface area contributed by atoms with Gasteiger partial charge in [0.2, 0.25) is 0 Å². The molecule has 2 aromatic carbocycles. The van der Waals surface area contributed by atoms with E-state index in [1.54, 1.807) is 6.07 Å². The quantitative estimate of drug-likeness (QED) is 0.605. The molecule has 20 heavy (non-hydrogen) atoms. The van der Waals surface area contributed by atoms with Crippen molar-refractivity contribution in [2.24, 2.45) is 17.8 Å². The molecule has 0 saturated heterocycles. The number of benzene rings is 2. The van der Waals surface area contributed by atoms with E-state index >= 15 is 0 Å². The molecule has 4 atom stereocenters. The summed E-state index contributed by atoms with van der Waals surface area (Å²) in [7, 11) is 0. The van der Waals surface area contributed by atoms with Crippen LogP contribution in [0.5, 0.6) is 0 Å². The first kappa shape index (κ1) is 12.8. The Hall–Kier alpha value is -0.890. The third-order valence-electron chi connectivity index (χ3n) is 5.37. The molecular formula is C18H18BrF. The monoisotopic (exact) mass is 332 g/mol. The van der Waals surface area contributed by atoms with Gasteiger partial charge < -0.3 is 0 Å². The Morgan fingerprint density at radius 3 is 2.50 bits per heavy atom. The van der Waals surface area contributed by atoms with Gasteiger partial charge in [-0.25, -0.2) is 4.39 Å².